The molecule has 1 aliphatic heterocycles. The number of nitro benzene ring substituents is 1. The summed E-state index contributed by atoms with van der Waals surface area (Å²) in [6.45, 7) is 3.48. The van der Waals surface area contributed by atoms with Gasteiger partial charge in [0.15, 0.2) is 11.6 Å². The highest BCUT2D eigenvalue weighted by atomic mass is 19.1. The van der Waals surface area contributed by atoms with Crippen LogP contribution in [0, 0.1) is 15.9 Å². The van der Waals surface area contributed by atoms with Crippen LogP contribution in [0.5, 0.6) is 5.75 Å². The Kier molecular flexibility index (Phi) is 3.73. The number of phenolic OH excluding ortho intramolecular Hbond substituents is 1. The van der Waals surface area contributed by atoms with Crippen molar-refractivity contribution >= 4 is 5.69 Å². The van der Waals surface area contributed by atoms with Gasteiger partial charge in [0.1, 0.15) is 0 Å². The summed E-state index contributed by atoms with van der Waals surface area (Å²) >= 11 is 0. The Labute approximate surface area is 103 Å². The van der Waals surface area contributed by atoms with Crippen molar-refractivity contribution in [3.8, 4) is 5.75 Å². The number of halogens is 1. The second-order valence-electron chi connectivity index (χ2n) is 4.22. The summed E-state index contributed by atoms with van der Waals surface area (Å²) in [5.41, 5.74) is -0.0842. The lowest BCUT2D eigenvalue weighted by atomic mass is 10.1. The van der Waals surface area contributed by atoms with Gasteiger partial charge >= 0.3 is 0 Å². The predicted molar refractivity (Wildman–Crippen MR) is 62.9 cm³/mol. The van der Waals surface area contributed by atoms with Crippen LogP contribution >= 0.6 is 0 Å². The molecule has 0 saturated carbocycles. The number of aromatic hydroxyl groups is 1. The molecule has 1 aromatic carbocycles. The second-order valence-corrected chi connectivity index (χ2v) is 4.22. The maximum Gasteiger partial charge on any atom is 0.272 e. The molecule has 0 unspecified atom stereocenters. The number of phenols is 1. The first-order valence-electron chi connectivity index (χ1n) is 5.67. The Morgan fingerprint density at radius 2 is 2.11 bits per heavy atom. The monoisotopic (exact) mass is 255 g/mol. The van der Waals surface area contributed by atoms with E-state index in [9.17, 15) is 19.6 Å². The van der Waals surface area contributed by atoms with E-state index in [1.165, 1.54) is 6.07 Å². The molecule has 18 heavy (non-hydrogen) atoms. The van der Waals surface area contributed by atoms with E-state index in [-0.39, 0.29) is 11.3 Å². The number of nitrogens with zero attached hydrogens (tertiary/aromatic N) is 2. The van der Waals surface area contributed by atoms with E-state index in [1.54, 1.807) is 0 Å². The summed E-state index contributed by atoms with van der Waals surface area (Å²) in [5.74, 6) is -1.45. The average Bonchev–Trinajstić information content (AvgIpc) is 2.35. The molecule has 1 aromatic rings. The minimum atomic E-state index is -0.950. The number of non-ortho nitro benzene ring substituents is 1. The lowest BCUT2D eigenvalue weighted by molar-refractivity contribution is -0.385. The third-order valence-electron chi connectivity index (χ3n) is 2.94. The highest BCUT2D eigenvalue weighted by molar-refractivity contribution is 5.44. The Morgan fingerprint density at radius 3 is 2.72 bits per heavy atom. The highest BCUT2D eigenvalue weighted by Gasteiger charge is 2.19. The minimum Gasteiger partial charge on any atom is -0.505 e. The summed E-state index contributed by atoms with van der Waals surface area (Å²) in [7, 11) is 0. The van der Waals surface area contributed by atoms with Crippen LogP contribution < -0.4 is 5.32 Å². The molecule has 0 radical (unpaired) electrons. The van der Waals surface area contributed by atoms with Gasteiger partial charge in [0.05, 0.1) is 11.0 Å². The number of benzene rings is 1. The van der Waals surface area contributed by atoms with Gasteiger partial charge < -0.3 is 10.4 Å². The summed E-state index contributed by atoms with van der Waals surface area (Å²) in [5, 5.41) is 23.4. The Morgan fingerprint density at radius 1 is 1.44 bits per heavy atom. The molecule has 1 aliphatic rings. The van der Waals surface area contributed by atoms with Crippen LogP contribution in [-0.4, -0.2) is 41.1 Å². The van der Waals surface area contributed by atoms with Crippen LogP contribution in [-0.2, 0) is 6.54 Å². The molecule has 0 atom stereocenters. The predicted octanol–water partition coefficient (Wildman–Crippen LogP) is 0.845. The lowest BCUT2D eigenvalue weighted by Crippen LogP contribution is -2.42. The van der Waals surface area contributed by atoms with E-state index in [1.807, 2.05) is 4.90 Å². The number of hydrogen-bond donors (Lipinski definition) is 2. The van der Waals surface area contributed by atoms with Crippen molar-refractivity contribution in [2.24, 2.45) is 0 Å². The fourth-order valence-corrected chi connectivity index (χ4v) is 1.98. The van der Waals surface area contributed by atoms with E-state index in [2.05, 4.69) is 5.32 Å². The summed E-state index contributed by atoms with van der Waals surface area (Å²) < 4.78 is 13.4. The quantitative estimate of drug-likeness (QED) is 0.618. The van der Waals surface area contributed by atoms with Gasteiger partial charge in [-0.25, -0.2) is 4.39 Å². The fourth-order valence-electron chi connectivity index (χ4n) is 1.98. The molecule has 6 nitrogen and oxygen atoms in total. The molecule has 2 N–H and O–H groups in total. The first-order valence-corrected chi connectivity index (χ1v) is 5.67. The molecule has 98 valence electrons. The molecule has 2 rings (SSSR count). The van der Waals surface area contributed by atoms with E-state index in [0.717, 1.165) is 32.2 Å². The van der Waals surface area contributed by atoms with Crippen molar-refractivity contribution < 1.29 is 14.4 Å². The van der Waals surface area contributed by atoms with Crippen LogP contribution in [0.15, 0.2) is 12.1 Å². The maximum atomic E-state index is 13.4. The standard InChI is InChI=1S/C11H14FN3O3/c12-10-6-9(15(17)18)5-8(11(10)16)7-14-3-1-13-2-4-14/h5-6,13,16H,1-4,7H2. The number of hydrogen-bond acceptors (Lipinski definition) is 5. The molecule has 0 amide bonds. The van der Waals surface area contributed by atoms with Gasteiger partial charge in [0.2, 0.25) is 0 Å². The molecule has 7 heteroatoms. The lowest BCUT2D eigenvalue weighted by Gasteiger charge is -2.27. The van der Waals surface area contributed by atoms with Gasteiger partial charge in [0, 0.05) is 44.4 Å². The van der Waals surface area contributed by atoms with E-state index < -0.39 is 16.5 Å². The van der Waals surface area contributed by atoms with Crippen LogP contribution in [0.2, 0.25) is 0 Å². The van der Waals surface area contributed by atoms with Crippen LogP contribution in [0.3, 0.4) is 0 Å². The zero-order valence-electron chi connectivity index (χ0n) is 9.73. The van der Waals surface area contributed by atoms with Gasteiger partial charge in [0.25, 0.3) is 5.69 Å². The zero-order chi connectivity index (χ0) is 13.1. The SMILES string of the molecule is O=[N+]([O-])c1cc(F)c(O)c(CN2CCNCC2)c1. The molecular weight excluding hydrogens is 241 g/mol. The van der Waals surface area contributed by atoms with Crippen molar-refractivity contribution in [3.63, 3.8) is 0 Å². The smallest absolute Gasteiger partial charge is 0.272 e. The van der Waals surface area contributed by atoms with Gasteiger partial charge in [-0.3, -0.25) is 15.0 Å². The van der Waals surface area contributed by atoms with Crippen LogP contribution in [0.25, 0.3) is 0 Å². The fraction of sp³-hybridized carbons (Fsp3) is 0.455. The minimum absolute atomic E-state index is 0.253. The van der Waals surface area contributed by atoms with Gasteiger partial charge in [-0.05, 0) is 0 Å². The summed E-state index contributed by atoms with van der Waals surface area (Å²) in [6, 6.07) is 1.96. The van der Waals surface area contributed by atoms with Crippen LogP contribution in [0.1, 0.15) is 5.56 Å². The van der Waals surface area contributed by atoms with Crippen molar-refractivity contribution in [2.45, 2.75) is 6.54 Å². The van der Waals surface area contributed by atoms with Gasteiger partial charge in [-0.2, -0.15) is 0 Å². The van der Waals surface area contributed by atoms with Gasteiger partial charge in [-0.1, -0.05) is 0 Å². The number of nitrogens with one attached hydrogen (secondary N) is 1. The molecule has 0 aromatic heterocycles. The highest BCUT2D eigenvalue weighted by Crippen LogP contribution is 2.28. The normalized spacial score (nSPS) is 16.7. The number of rotatable bonds is 3. The third-order valence-corrected chi connectivity index (χ3v) is 2.94. The molecule has 0 spiro atoms. The van der Waals surface area contributed by atoms with Crippen LogP contribution in [0.4, 0.5) is 10.1 Å². The Hall–Kier alpha value is -1.73. The summed E-state index contributed by atoms with van der Waals surface area (Å²) in [4.78, 5) is 12.0. The van der Waals surface area contributed by atoms with E-state index in [4.69, 9.17) is 0 Å². The molecule has 1 fully saturated rings. The van der Waals surface area contributed by atoms with Crippen molar-refractivity contribution in [1.82, 2.24) is 10.2 Å². The molecule has 1 heterocycles. The molecule has 1 saturated heterocycles. The molecule has 0 bridgehead atoms. The molecule has 0 aliphatic carbocycles. The topological polar surface area (TPSA) is 78.6 Å². The largest absolute Gasteiger partial charge is 0.505 e. The van der Waals surface area contributed by atoms with Crippen molar-refractivity contribution in [3.05, 3.63) is 33.6 Å². The first kappa shape index (κ1) is 12.7. The molecular formula is C11H14FN3O3. The number of nitro groups is 1. The Balaban J connectivity index is 2.22. The average molecular weight is 255 g/mol. The zero-order valence-corrected chi connectivity index (χ0v) is 9.73. The van der Waals surface area contributed by atoms with Crippen molar-refractivity contribution in [1.29, 1.82) is 0 Å². The maximum absolute atomic E-state index is 13.4. The van der Waals surface area contributed by atoms with Crippen molar-refractivity contribution in [2.75, 3.05) is 26.2 Å². The van der Waals surface area contributed by atoms with E-state index in [0.29, 0.717) is 6.54 Å². The number of piperazine rings is 1. The third kappa shape index (κ3) is 2.74. The van der Waals surface area contributed by atoms with E-state index >= 15 is 0 Å². The second kappa shape index (κ2) is 5.28. The van der Waals surface area contributed by atoms with Gasteiger partial charge in [-0.15, -0.1) is 0 Å². The summed E-state index contributed by atoms with van der Waals surface area (Å²) in [6.07, 6.45) is 0. The Bertz CT molecular complexity index is 461. The first-order chi connectivity index (χ1) is 8.58.